The van der Waals surface area contributed by atoms with Gasteiger partial charge in [-0.1, -0.05) is 13.8 Å². The largest absolute Gasteiger partial charge is 0.444 e. The lowest BCUT2D eigenvalue weighted by Gasteiger charge is -2.40. The van der Waals surface area contributed by atoms with Crippen LogP contribution in [0, 0.1) is 5.92 Å². The van der Waals surface area contributed by atoms with Crippen molar-refractivity contribution in [3.05, 3.63) is 0 Å². The Labute approximate surface area is 104 Å². The van der Waals surface area contributed by atoms with E-state index in [2.05, 4.69) is 13.8 Å². The predicted molar refractivity (Wildman–Crippen MR) is 66.8 cm³/mol. The number of ether oxygens (including phenoxy) is 1. The summed E-state index contributed by atoms with van der Waals surface area (Å²) in [5, 5.41) is 9.68. The minimum absolute atomic E-state index is 0.0774. The Bertz CT molecular complexity index is 270. The summed E-state index contributed by atoms with van der Waals surface area (Å²) in [6.07, 6.45) is 0.739. The summed E-state index contributed by atoms with van der Waals surface area (Å²) in [7, 11) is 0. The summed E-state index contributed by atoms with van der Waals surface area (Å²) in [6.45, 7) is 10.3. The van der Waals surface area contributed by atoms with E-state index in [0.717, 1.165) is 0 Å². The van der Waals surface area contributed by atoms with Crippen LogP contribution in [0.25, 0.3) is 0 Å². The zero-order valence-corrected chi connectivity index (χ0v) is 11.6. The molecule has 0 radical (unpaired) electrons. The number of aliphatic hydroxyl groups is 1. The minimum atomic E-state index is -0.464. The van der Waals surface area contributed by atoms with Gasteiger partial charge in [-0.25, -0.2) is 4.79 Å². The highest BCUT2D eigenvalue weighted by atomic mass is 16.6. The molecule has 1 amide bonds. The highest BCUT2D eigenvalue weighted by Gasteiger charge is 2.34. The molecule has 1 saturated heterocycles. The second kappa shape index (κ2) is 5.25. The van der Waals surface area contributed by atoms with E-state index in [1.54, 1.807) is 4.90 Å². The van der Waals surface area contributed by atoms with Crippen molar-refractivity contribution >= 4 is 6.09 Å². The zero-order valence-electron chi connectivity index (χ0n) is 11.6. The molecule has 17 heavy (non-hydrogen) atoms. The van der Waals surface area contributed by atoms with Crippen LogP contribution in [0.3, 0.4) is 0 Å². The van der Waals surface area contributed by atoms with Crippen molar-refractivity contribution in [3.8, 4) is 0 Å². The van der Waals surface area contributed by atoms with Crippen LogP contribution in [0.4, 0.5) is 4.79 Å². The first-order valence-corrected chi connectivity index (χ1v) is 6.38. The van der Waals surface area contributed by atoms with Crippen LogP contribution < -0.4 is 0 Å². The molecule has 0 bridgehead atoms. The predicted octanol–water partition coefficient (Wildman–Crippen LogP) is 2.40. The molecule has 0 aliphatic carbocycles. The topological polar surface area (TPSA) is 49.8 Å². The second-order valence-corrected chi connectivity index (χ2v) is 6.16. The van der Waals surface area contributed by atoms with Gasteiger partial charge in [-0.3, -0.25) is 0 Å². The third kappa shape index (κ3) is 4.19. The van der Waals surface area contributed by atoms with Gasteiger partial charge in [0.2, 0.25) is 0 Å². The van der Waals surface area contributed by atoms with Gasteiger partial charge in [0.15, 0.2) is 0 Å². The van der Waals surface area contributed by atoms with Crippen molar-refractivity contribution in [3.63, 3.8) is 0 Å². The maximum absolute atomic E-state index is 12.1. The zero-order chi connectivity index (χ0) is 13.2. The Kier molecular flexibility index (Phi) is 4.42. The molecule has 1 aliphatic rings. The fourth-order valence-corrected chi connectivity index (χ4v) is 2.16. The number of carbonyl (C=O) groups is 1. The molecule has 2 atom stereocenters. The lowest BCUT2D eigenvalue weighted by molar-refractivity contribution is -0.0164. The van der Waals surface area contributed by atoms with Gasteiger partial charge in [-0.15, -0.1) is 0 Å². The number of piperidine rings is 1. The van der Waals surface area contributed by atoms with Gasteiger partial charge in [0, 0.05) is 12.6 Å². The molecular formula is C13H25NO3. The maximum atomic E-state index is 12.1. The molecule has 4 nitrogen and oxygen atoms in total. The molecule has 0 aromatic carbocycles. The molecule has 4 heteroatoms. The van der Waals surface area contributed by atoms with Crippen LogP contribution in [0.5, 0.6) is 0 Å². The Hall–Kier alpha value is -0.770. The normalized spacial score (nSPS) is 26.2. The summed E-state index contributed by atoms with van der Waals surface area (Å²) < 4.78 is 5.40. The van der Waals surface area contributed by atoms with Crippen molar-refractivity contribution in [2.75, 3.05) is 6.54 Å². The molecular weight excluding hydrogens is 218 g/mol. The molecule has 1 rings (SSSR count). The standard InChI is InChI=1S/C13H25NO3/c1-9(2)11-8-10(15)6-7-14(11)12(16)17-13(3,4)5/h9-11,15H,6-8H2,1-5H3/t10-,11+/m0/s1. The monoisotopic (exact) mass is 243 g/mol. The number of aliphatic hydroxyl groups excluding tert-OH is 1. The minimum Gasteiger partial charge on any atom is -0.444 e. The van der Waals surface area contributed by atoms with Gasteiger partial charge in [0.05, 0.1) is 6.10 Å². The maximum Gasteiger partial charge on any atom is 0.410 e. The first kappa shape index (κ1) is 14.3. The molecule has 1 heterocycles. The Morgan fingerprint density at radius 2 is 2.00 bits per heavy atom. The van der Waals surface area contributed by atoms with E-state index in [1.807, 2.05) is 20.8 Å². The highest BCUT2D eigenvalue weighted by molar-refractivity contribution is 5.68. The van der Waals surface area contributed by atoms with E-state index in [-0.39, 0.29) is 18.2 Å². The molecule has 0 saturated carbocycles. The van der Waals surface area contributed by atoms with Crippen molar-refractivity contribution in [2.24, 2.45) is 5.92 Å². The molecule has 100 valence electrons. The molecule has 0 unspecified atom stereocenters. The van der Waals surface area contributed by atoms with Crippen LogP contribution in [-0.4, -0.2) is 40.4 Å². The fourth-order valence-electron chi connectivity index (χ4n) is 2.16. The average molecular weight is 243 g/mol. The summed E-state index contributed by atoms with van der Waals surface area (Å²) in [6, 6.07) is 0.0774. The number of nitrogens with zero attached hydrogens (tertiary/aromatic N) is 1. The van der Waals surface area contributed by atoms with Crippen LogP contribution in [0.15, 0.2) is 0 Å². The first-order chi connectivity index (χ1) is 7.70. The van der Waals surface area contributed by atoms with Crippen LogP contribution >= 0.6 is 0 Å². The number of hydrogen-bond donors (Lipinski definition) is 1. The Morgan fingerprint density at radius 1 is 1.41 bits per heavy atom. The van der Waals surface area contributed by atoms with Gasteiger partial charge < -0.3 is 14.7 Å². The lowest BCUT2D eigenvalue weighted by atomic mass is 9.91. The summed E-state index contributed by atoms with van der Waals surface area (Å²) in [5.41, 5.74) is -0.464. The number of hydrogen-bond acceptors (Lipinski definition) is 3. The van der Waals surface area contributed by atoms with Crippen LogP contribution in [0.1, 0.15) is 47.5 Å². The van der Waals surface area contributed by atoms with Crippen molar-refractivity contribution in [1.82, 2.24) is 4.90 Å². The SMILES string of the molecule is CC(C)[C@H]1C[C@@H](O)CCN1C(=O)OC(C)(C)C. The fraction of sp³-hybridized carbons (Fsp3) is 0.923. The summed E-state index contributed by atoms with van der Waals surface area (Å²) in [5.74, 6) is 0.331. The summed E-state index contributed by atoms with van der Waals surface area (Å²) in [4.78, 5) is 13.8. The third-order valence-corrected chi connectivity index (χ3v) is 3.01. The molecule has 1 aliphatic heterocycles. The van der Waals surface area contributed by atoms with Gasteiger partial charge in [0.25, 0.3) is 0 Å². The van der Waals surface area contributed by atoms with E-state index in [4.69, 9.17) is 4.74 Å². The van der Waals surface area contributed by atoms with Crippen LogP contribution in [-0.2, 0) is 4.74 Å². The summed E-state index contributed by atoms with van der Waals surface area (Å²) >= 11 is 0. The van der Waals surface area contributed by atoms with Crippen LogP contribution in [0.2, 0.25) is 0 Å². The Morgan fingerprint density at radius 3 is 2.47 bits per heavy atom. The van der Waals surface area contributed by atoms with Crippen molar-refractivity contribution in [1.29, 1.82) is 0 Å². The molecule has 0 spiro atoms. The van der Waals surface area contributed by atoms with Gasteiger partial charge in [-0.05, 0) is 39.5 Å². The number of carbonyl (C=O) groups excluding carboxylic acids is 1. The first-order valence-electron chi connectivity index (χ1n) is 6.38. The molecule has 1 fully saturated rings. The molecule has 0 aromatic rings. The molecule has 1 N–H and O–H groups in total. The lowest BCUT2D eigenvalue weighted by Crippen LogP contribution is -2.51. The van der Waals surface area contributed by atoms with Crippen molar-refractivity contribution < 1.29 is 14.6 Å². The van der Waals surface area contributed by atoms with Gasteiger partial charge >= 0.3 is 6.09 Å². The molecule has 0 aromatic heterocycles. The van der Waals surface area contributed by atoms with Gasteiger partial charge in [-0.2, -0.15) is 0 Å². The number of likely N-dealkylation sites (tertiary alicyclic amines) is 1. The average Bonchev–Trinajstić information content (AvgIpc) is 2.14. The third-order valence-electron chi connectivity index (χ3n) is 3.01. The second-order valence-electron chi connectivity index (χ2n) is 6.16. The van der Waals surface area contributed by atoms with E-state index >= 15 is 0 Å². The number of amides is 1. The van der Waals surface area contributed by atoms with Crippen molar-refractivity contribution in [2.45, 2.75) is 65.2 Å². The van der Waals surface area contributed by atoms with E-state index in [9.17, 15) is 9.90 Å². The number of rotatable bonds is 1. The highest BCUT2D eigenvalue weighted by Crippen LogP contribution is 2.25. The smallest absolute Gasteiger partial charge is 0.410 e. The van der Waals surface area contributed by atoms with Gasteiger partial charge in [0.1, 0.15) is 5.60 Å². The van der Waals surface area contributed by atoms with E-state index < -0.39 is 5.60 Å². The Balaban J connectivity index is 2.70. The quantitative estimate of drug-likeness (QED) is 0.769. The van der Waals surface area contributed by atoms with E-state index in [1.165, 1.54) is 0 Å². The van der Waals surface area contributed by atoms with E-state index in [0.29, 0.717) is 25.3 Å².